The largest absolute Gasteiger partial charge is 0.494 e. The van der Waals surface area contributed by atoms with Crippen LogP contribution in [0.3, 0.4) is 0 Å². The average Bonchev–Trinajstić information content (AvgIpc) is 3.28. The summed E-state index contributed by atoms with van der Waals surface area (Å²) in [6.07, 6.45) is 5.39. The lowest BCUT2D eigenvalue weighted by Gasteiger charge is -2.18. The first kappa shape index (κ1) is 15.1. The molecule has 25 heavy (non-hydrogen) atoms. The Morgan fingerprint density at radius 1 is 1.12 bits per heavy atom. The molecule has 2 aliphatic heterocycles. The van der Waals surface area contributed by atoms with Crippen molar-refractivity contribution in [2.24, 2.45) is 11.8 Å². The molecule has 5 rings (SSSR count). The molecule has 3 N–H and O–H groups in total. The van der Waals surface area contributed by atoms with E-state index in [2.05, 4.69) is 46.1 Å². The van der Waals surface area contributed by atoms with Crippen LogP contribution in [0.4, 0.5) is 5.69 Å². The Labute approximate surface area is 152 Å². The minimum absolute atomic E-state index is 0.0539. The van der Waals surface area contributed by atoms with Crippen LogP contribution in [0.25, 0.3) is 22.3 Å². The third kappa shape index (κ3) is 2.39. The van der Waals surface area contributed by atoms with E-state index in [1.165, 1.54) is 0 Å². The number of rotatable bonds is 2. The molecule has 2 unspecified atom stereocenters. The van der Waals surface area contributed by atoms with Crippen LogP contribution in [0.15, 0.2) is 29.3 Å². The third-order valence-electron chi connectivity index (χ3n) is 5.27. The Bertz CT molecular complexity index is 928. The fraction of sp³-hybridized carbons (Fsp3) is 0.353. The zero-order valence-corrected chi connectivity index (χ0v) is 15.0. The van der Waals surface area contributed by atoms with Crippen LogP contribution < -0.4 is 10.2 Å². The number of aromatic nitrogens is 4. The summed E-state index contributed by atoms with van der Waals surface area (Å²) < 4.78 is 0.653. The van der Waals surface area contributed by atoms with Crippen molar-refractivity contribution in [1.29, 1.82) is 0 Å². The Hall–Kier alpha value is -2.19. The molecule has 2 saturated heterocycles. The zero-order chi connectivity index (χ0) is 17.0. The summed E-state index contributed by atoms with van der Waals surface area (Å²) >= 11 is 3.39. The van der Waals surface area contributed by atoms with Gasteiger partial charge in [-0.1, -0.05) is 0 Å². The van der Waals surface area contributed by atoms with Crippen molar-refractivity contribution < 1.29 is 5.11 Å². The van der Waals surface area contributed by atoms with E-state index in [0.717, 1.165) is 54.6 Å². The number of pyridine rings is 1. The van der Waals surface area contributed by atoms with E-state index < -0.39 is 0 Å². The number of nitrogens with zero attached hydrogens (tertiary/aromatic N) is 4. The molecule has 0 amide bonds. The van der Waals surface area contributed by atoms with Crippen molar-refractivity contribution in [2.45, 2.75) is 0 Å². The molecule has 2 aliphatic rings. The van der Waals surface area contributed by atoms with Crippen molar-refractivity contribution in [1.82, 2.24) is 25.3 Å². The van der Waals surface area contributed by atoms with Crippen molar-refractivity contribution in [3.8, 4) is 17.3 Å². The first-order valence-electron chi connectivity index (χ1n) is 8.34. The molecule has 2 atom stereocenters. The van der Waals surface area contributed by atoms with Gasteiger partial charge in [0.05, 0.1) is 29.2 Å². The van der Waals surface area contributed by atoms with Crippen molar-refractivity contribution in [3.05, 3.63) is 29.3 Å². The molecule has 0 saturated carbocycles. The van der Waals surface area contributed by atoms with Crippen LogP contribution >= 0.6 is 15.9 Å². The van der Waals surface area contributed by atoms with E-state index in [1.807, 2.05) is 18.5 Å². The Balaban J connectivity index is 1.48. The van der Waals surface area contributed by atoms with Gasteiger partial charge in [0, 0.05) is 37.8 Å². The van der Waals surface area contributed by atoms with Gasteiger partial charge >= 0.3 is 0 Å². The smallest absolute Gasteiger partial charge is 0.200 e. The summed E-state index contributed by atoms with van der Waals surface area (Å²) in [6, 6.07) is 1.84. The highest BCUT2D eigenvalue weighted by molar-refractivity contribution is 9.10. The number of aromatic amines is 1. The van der Waals surface area contributed by atoms with Gasteiger partial charge in [0.2, 0.25) is 5.88 Å². The summed E-state index contributed by atoms with van der Waals surface area (Å²) in [6.45, 7) is 4.31. The number of anilines is 1. The van der Waals surface area contributed by atoms with Crippen LogP contribution in [-0.2, 0) is 0 Å². The Morgan fingerprint density at radius 3 is 2.56 bits per heavy atom. The molecule has 128 valence electrons. The van der Waals surface area contributed by atoms with Crippen molar-refractivity contribution in [3.63, 3.8) is 0 Å². The molecule has 0 aliphatic carbocycles. The summed E-state index contributed by atoms with van der Waals surface area (Å²) in [5.74, 6) is 2.01. The average molecular weight is 401 g/mol. The van der Waals surface area contributed by atoms with Crippen LogP contribution in [0.1, 0.15) is 0 Å². The number of aromatic hydroxyl groups is 1. The molecular formula is C17H17BrN6O. The maximum Gasteiger partial charge on any atom is 0.200 e. The van der Waals surface area contributed by atoms with Gasteiger partial charge in [-0.2, -0.15) is 0 Å². The fourth-order valence-corrected chi connectivity index (χ4v) is 4.41. The highest BCUT2D eigenvalue weighted by atomic mass is 79.9. The fourth-order valence-electron chi connectivity index (χ4n) is 3.98. The molecule has 0 aromatic carbocycles. The molecule has 0 bridgehead atoms. The van der Waals surface area contributed by atoms with E-state index >= 15 is 0 Å². The van der Waals surface area contributed by atoms with Crippen LogP contribution in [-0.4, -0.2) is 51.2 Å². The number of fused-ring (bicyclic) bond motifs is 2. The third-order valence-corrected chi connectivity index (χ3v) is 5.87. The molecule has 5 heterocycles. The first-order valence-corrected chi connectivity index (χ1v) is 9.13. The summed E-state index contributed by atoms with van der Waals surface area (Å²) in [7, 11) is 0. The first-order chi connectivity index (χ1) is 12.2. The summed E-state index contributed by atoms with van der Waals surface area (Å²) in [5.41, 5.74) is 2.38. The normalized spacial score (nSPS) is 22.7. The molecule has 8 heteroatoms. The van der Waals surface area contributed by atoms with Crippen molar-refractivity contribution >= 4 is 32.5 Å². The number of hydrogen-bond donors (Lipinski definition) is 3. The maximum absolute atomic E-state index is 10.3. The van der Waals surface area contributed by atoms with Crippen LogP contribution in [0, 0.1) is 11.8 Å². The lowest BCUT2D eigenvalue weighted by Crippen LogP contribution is -2.25. The minimum Gasteiger partial charge on any atom is -0.494 e. The SMILES string of the molecule is Oc1[nH]c2c(Br)nccc2c1-c1ncc(N2CC3CNCC3C2)cn1. The van der Waals surface area contributed by atoms with E-state index in [-0.39, 0.29) is 5.88 Å². The molecule has 3 aromatic heterocycles. The van der Waals surface area contributed by atoms with E-state index in [4.69, 9.17) is 0 Å². The molecule has 2 fully saturated rings. The van der Waals surface area contributed by atoms with Gasteiger partial charge < -0.3 is 20.3 Å². The van der Waals surface area contributed by atoms with Gasteiger partial charge in [-0.3, -0.25) is 0 Å². The number of hydrogen-bond acceptors (Lipinski definition) is 6. The van der Waals surface area contributed by atoms with E-state index in [0.29, 0.717) is 16.0 Å². The monoisotopic (exact) mass is 400 g/mol. The van der Waals surface area contributed by atoms with Gasteiger partial charge in [-0.05, 0) is 33.8 Å². The quantitative estimate of drug-likeness (QED) is 0.571. The lowest BCUT2D eigenvalue weighted by molar-refractivity contribution is 0.460. The molecule has 0 spiro atoms. The van der Waals surface area contributed by atoms with Crippen LogP contribution in [0.2, 0.25) is 0 Å². The van der Waals surface area contributed by atoms with Gasteiger partial charge in [-0.25, -0.2) is 15.0 Å². The lowest BCUT2D eigenvalue weighted by atomic mass is 10.0. The van der Waals surface area contributed by atoms with Crippen molar-refractivity contribution in [2.75, 3.05) is 31.1 Å². The molecule has 0 radical (unpaired) electrons. The Kier molecular flexibility index (Phi) is 3.42. The maximum atomic E-state index is 10.3. The number of H-pyrrole nitrogens is 1. The second kappa shape index (κ2) is 5.67. The zero-order valence-electron chi connectivity index (χ0n) is 13.4. The highest BCUT2D eigenvalue weighted by Gasteiger charge is 2.36. The number of halogens is 1. The predicted octanol–water partition coefficient (Wildman–Crippen LogP) is 2.14. The summed E-state index contributed by atoms with van der Waals surface area (Å²) in [4.78, 5) is 18.5. The van der Waals surface area contributed by atoms with E-state index in [1.54, 1.807) is 6.20 Å². The van der Waals surface area contributed by atoms with E-state index in [9.17, 15) is 5.11 Å². The van der Waals surface area contributed by atoms with Crippen LogP contribution in [0.5, 0.6) is 5.88 Å². The van der Waals surface area contributed by atoms with Gasteiger partial charge in [-0.15, -0.1) is 0 Å². The summed E-state index contributed by atoms with van der Waals surface area (Å²) in [5, 5.41) is 14.6. The van der Waals surface area contributed by atoms with Gasteiger partial charge in [0.1, 0.15) is 4.60 Å². The standard InChI is InChI=1S/C17H17BrN6O/c18-15-14-12(1-2-20-15)13(17(25)23-14)16-21-5-11(6-22-16)24-7-9-3-19-4-10(9)8-24/h1-2,5-6,9-10,19,23,25H,3-4,7-8H2. The second-order valence-corrected chi connectivity index (χ2v) is 7.47. The molecular weight excluding hydrogens is 384 g/mol. The molecule has 3 aromatic rings. The Morgan fingerprint density at radius 2 is 1.84 bits per heavy atom. The predicted molar refractivity (Wildman–Crippen MR) is 98.5 cm³/mol. The topological polar surface area (TPSA) is 90.0 Å². The van der Waals surface area contributed by atoms with Gasteiger partial charge in [0.15, 0.2) is 5.82 Å². The highest BCUT2D eigenvalue weighted by Crippen LogP contribution is 2.37. The number of nitrogens with one attached hydrogen (secondary N) is 2. The van der Waals surface area contributed by atoms with Gasteiger partial charge in [0.25, 0.3) is 0 Å². The second-order valence-electron chi connectivity index (χ2n) is 6.72. The minimum atomic E-state index is 0.0539. The molecule has 7 nitrogen and oxygen atoms in total.